The van der Waals surface area contributed by atoms with Crippen molar-refractivity contribution in [2.45, 2.75) is 45.7 Å². The summed E-state index contributed by atoms with van der Waals surface area (Å²) in [7, 11) is 0. The minimum atomic E-state index is -0.926. The average molecular weight is 486 g/mol. The smallest absolute Gasteiger partial charge is 0.407 e. The van der Waals surface area contributed by atoms with Crippen LogP contribution in [0.1, 0.15) is 37.1 Å². The number of anilines is 1. The molecule has 1 atom stereocenters. The van der Waals surface area contributed by atoms with Gasteiger partial charge in [0.15, 0.2) is 0 Å². The molecule has 3 aromatic heterocycles. The lowest BCUT2D eigenvalue weighted by Crippen LogP contribution is -2.34. The molecule has 8 nitrogen and oxygen atoms in total. The van der Waals surface area contributed by atoms with E-state index in [9.17, 15) is 14.7 Å². The highest BCUT2D eigenvalue weighted by atomic mass is 32.1. The van der Waals surface area contributed by atoms with Gasteiger partial charge in [0, 0.05) is 59.3 Å². The highest BCUT2D eigenvalue weighted by Crippen LogP contribution is 2.45. The lowest BCUT2D eigenvalue weighted by molar-refractivity contribution is -0.116. The third-order valence-corrected chi connectivity index (χ3v) is 7.70. The lowest BCUT2D eigenvalue weighted by Gasteiger charge is -2.24. The van der Waals surface area contributed by atoms with Crippen molar-refractivity contribution in [1.29, 1.82) is 0 Å². The molecular weight excluding hydrogens is 458 g/mol. The van der Waals surface area contributed by atoms with Gasteiger partial charge in [-0.05, 0) is 37.5 Å². The molecule has 0 aliphatic carbocycles. The van der Waals surface area contributed by atoms with Gasteiger partial charge in [-0.25, -0.2) is 9.78 Å². The standard InChI is InChI=1S/C23H27N5O3S2/c1-3-14(2)25-9-6-19(29)27-22-20(16-7-10-28(23(30)31)12-18(16)33-22)21-26-17(13-32-21)15-5-4-8-24-11-15/h4-5,8,11,13-14,25H,3,6-7,9-10,12H2,1-2H3,(H,27,29)(H,30,31)/t14-/m0/s1. The molecule has 4 heterocycles. The highest BCUT2D eigenvalue weighted by molar-refractivity contribution is 7.18. The molecule has 33 heavy (non-hydrogen) atoms. The third kappa shape index (κ3) is 5.40. The summed E-state index contributed by atoms with van der Waals surface area (Å²) in [5.74, 6) is -0.0650. The molecule has 0 saturated carbocycles. The van der Waals surface area contributed by atoms with Gasteiger partial charge in [0.05, 0.1) is 12.2 Å². The van der Waals surface area contributed by atoms with E-state index in [0.29, 0.717) is 38.5 Å². The zero-order valence-electron chi connectivity index (χ0n) is 18.6. The molecule has 0 aromatic carbocycles. The Morgan fingerprint density at radius 2 is 2.21 bits per heavy atom. The van der Waals surface area contributed by atoms with Crippen LogP contribution >= 0.6 is 22.7 Å². The van der Waals surface area contributed by atoms with Gasteiger partial charge in [-0.15, -0.1) is 22.7 Å². The Balaban J connectivity index is 1.62. The SMILES string of the molecule is CC[C@H](C)NCCC(=O)Nc1sc2c(c1-c1nc(-c3cccnc3)cs1)CCN(C(=O)O)C2. The fraction of sp³-hybridized carbons (Fsp3) is 0.391. The van der Waals surface area contributed by atoms with Gasteiger partial charge in [0.2, 0.25) is 5.91 Å². The fourth-order valence-electron chi connectivity index (χ4n) is 3.68. The van der Waals surface area contributed by atoms with Crippen molar-refractivity contribution in [3.05, 3.63) is 40.3 Å². The van der Waals surface area contributed by atoms with Gasteiger partial charge in [-0.1, -0.05) is 6.92 Å². The number of carboxylic acid groups (broad SMARTS) is 1. The number of amides is 2. The van der Waals surface area contributed by atoms with E-state index in [1.165, 1.54) is 27.6 Å². The van der Waals surface area contributed by atoms with E-state index in [4.69, 9.17) is 4.98 Å². The number of carbonyl (C=O) groups excluding carboxylic acids is 1. The molecule has 0 saturated heterocycles. The van der Waals surface area contributed by atoms with Crippen LogP contribution in [0.2, 0.25) is 0 Å². The Labute approximate surface area is 200 Å². The molecule has 0 radical (unpaired) electrons. The number of aromatic nitrogens is 2. The van der Waals surface area contributed by atoms with Crippen molar-refractivity contribution in [3.63, 3.8) is 0 Å². The molecular formula is C23H27N5O3S2. The lowest BCUT2D eigenvalue weighted by atomic mass is 10.0. The van der Waals surface area contributed by atoms with Crippen molar-refractivity contribution in [1.82, 2.24) is 20.2 Å². The molecule has 1 aliphatic rings. The molecule has 3 aromatic rings. The Morgan fingerprint density at radius 3 is 2.94 bits per heavy atom. The van der Waals surface area contributed by atoms with Gasteiger partial charge >= 0.3 is 6.09 Å². The van der Waals surface area contributed by atoms with Crippen LogP contribution < -0.4 is 10.6 Å². The molecule has 2 amide bonds. The first-order chi connectivity index (χ1) is 16.0. The fourth-order valence-corrected chi connectivity index (χ4v) is 5.93. The van der Waals surface area contributed by atoms with Crippen LogP contribution in [-0.2, 0) is 17.8 Å². The highest BCUT2D eigenvalue weighted by Gasteiger charge is 2.29. The first-order valence-corrected chi connectivity index (χ1v) is 12.7. The summed E-state index contributed by atoms with van der Waals surface area (Å²) in [6, 6.07) is 4.21. The second-order valence-corrected chi connectivity index (χ2v) is 9.97. The monoisotopic (exact) mass is 485 g/mol. The number of hydrogen-bond donors (Lipinski definition) is 3. The maximum Gasteiger partial charge on any atom is 0.407 e. The van der Waals surface area contributed by atoms with E-state index in [-0.39, 0.29) is 5.91 Å². The third-order valence-electron chi connectivity index (χ3n) is 5.71. The van der Waals surface area contributed by atoms with Crippen molar-refractivity contribution in [3.8, 4) is 21.8 Å². The topological polar surface area (TPSA) is 107 Å². The second kappa shape index (κ2) is 10.4. The predicted octanol–water partition coefficient (Wildman–Crippen LogP) is 4.69. The normalized spacial score (nSPS) is 14.1. The zero-order valence-corrected chi connectivity index (χ0v) is 20.3. The summed E-state index contributed by atoms with van der Waals surface area (Å²) in [5, 5.41) is 19.4. The number of thiophene rings is 1. The summed E-state index contributed by atoms with van der Waals surface area (Å²) in [4.78, 5) is 35.6. The van der Waals surface area contributed by atoms with Crippen LogP contribution in [0, 0.1) is 0 Å². The molecule has 3 N–H and O–H groups in total. The number of rotatable bonds is 8. The van der Waals surface area contributed by atoms with Crippen molar-refractivity contribution >= 4 is 39.7 Å². The number of hydrogen-bond acceptors (Lipinski definition) is 7. The Hall–Kier alpha value is -2.82. The minimum absolute atomic E-state index is 0.0650. The minimum Gasteiger partial charge on any atom is -0.465 e. The largest absolute Gasteiger partial charge is 0.465 e. The zero-order chi connectivity index (χ0) is 23.4. The first kappa shape index (κ1) is 23.3. The van der Waals surface area contributed by atoms with Crippen LogP contribution in [0.15, 0.2) is 29.9 Å². The average Bonchev–Trinajstić information content (AvgIpc) is 3.43. The molecule has 0 fully saturated rings. The van der Waals surface area contributed by atoms with Gasteiger partial charge in [0.1, 0.15) is 10.0 Å². The van der Waals surface area contributed by atoms with E-state index in [2.05, 4.69) is 29.5 Å². The number of fused-ring (bicyclic) bond motifs is 1. The summed E-state index contributed by atoms with van der Waals surface area (Å²) < 4.78 is 0. The van der Waals surface area contributed by atoms with Crippen LogP contribution in [0.3, 0.4) is 0 Å². The van der Waals surface area contributed by atoms with E-state index in [1.807, 2.05) is 17.5 Å². The van der Waals surface area contributed by atoms with E-state index in [1.54, 1.807) is 12.4 Å². The summed E-state index contributed by atoms with van der Waals surface area (Å²) in [6.45, 7) is 5.57. The van der Waals surface area contributed by atoms with Crippen LogP contribution in [0.5, 0.6) is 0 Å². The van der Waals surface area contributed by atoms with Crippen LogP contribution in [0.4, 0.5) is 9.80 Å². The predicted molar refractivity (Wildman–Crippen MR) is 132 cm³/mol. The van der Waals surface area contributed by atoms with Gasteiger partial charge in [0.25, 0.3) is 0 Å². The number of nitrogens with zero attached hydrogens (tertiary/aromatic N) is 3. The molecule has 1 aliphatic heterocycles. The summed E-state index contributed by atoms with van der Waals surface area (Å²) in [5.41, 5.74) is 3.77. The van der Waals surface area contributed by atoms with Gasteiger partial charge in [-0.3, -0.25) is 9.78 Å². The van der Waals surface area contributed by atoms with Crippen LogP contribution in [0.25, 0.3) is 21.8 Å². The Kier molecular flexibility index (Phi) is 7.36. The summed E-state index contributed by atoms with van der Waals surface area (Å²) >= 11 is 2.97. The maximum absolute atomic E-state index is 12.7. The van der Waals surface area contributed by atoms with Crippen molar-refractivity contribution < 1.29 is 14.7 Å². The number of pyridine rings is 1. The van der Waals surface area contributed by atoms with Crippen LogP contribution in [-0.4, -0.2) is 51.1 Å². The molecule has 174 valence electrons. The van der Waals surface area contributed by atoms with Crippen molar-refractivity contribution in [2.24, 2.45) is 0 Å². The van der Waals surface area contributed by atoms with Gasteiger partial charge < -0.3 is 20.6 Å². The summed E-state index contributed by atoms with van der Waals surface area (Å²) in [6.07, 6.45) is 4.55. The van der Waals surface area contributed by atoms with E-state index < -0.39 is 6.09 Å². The molecule has 0 spiro atoms. The number of thiazole rings is 1. The maximum atomic E-state index is 12.7. The van der Waals surface area contributed by atoms with Crippen molar-refractivity contribution in [2.75, 3.05) is 18.4 Å². The van der Waals surface area contributed by atoms with E-state index >= 15 is 0 Å². The Morgan fingerprint density at radius 1 is 1.36 bits per heavy atom. The van der Waals surface area contributed by atoms with E-state index in [0.717, 1.165) is 43.7 Å². The molecule has 0 unspecified atom stereocenters. The Bertz CT molecular complexity index is 1130. The molecule has 4 rings (SSSR count). The number of carbonyl (C=O) groups is 2. The van der Waals surface area contributed by atoms with Gasteiger partial charge in [-0.2, -0.15) is 0 Å². The number of nitrogens with one attached hydrogen (secondary N) is 2. The quantitative estimate of drug-likeness (QED) is 0.427. The molecule has 10 heteroatoms. The first-order valence-electron chi connectivity index (χ1n) is 11.0. The molecule has 0 bridgehead atoms. The second-order valence-electron chi connectivity index (χ2n) is 8.00.